The van der Waals surface area contributed by atoms with Crippen LogP contribution in [0.2, 0.25) is 25.7 Å². The predicted octanol–water partition coefficient (Wildman–Crippen LogP) is 4.85. The number of H-pyrrole nitrogens is 1. The molecule has 1 N–H and O–H groups in total. The quantitative estimate of drug-likeness (QED) is 0.320. The van der Waals surface area contributed by atoms with E-state index >= 15 is 0 Å². The highest BCUT2D eigenvalue weighted by atomic mass is 28.3. The van der Waals surface area contributed by atoms with Crippen molar-refractivity contribution in [2.24, 2.45) is 4.99 Å². The highest BCUT2D eigenvalue weighted by Gasteiger charge is 2.49. The molecule has 1 amide bonds. The van der Waals surface area contributed by atoms with Gasteiger partial charge in [0.15, 0.2) is 0 Å². The van der Waals surface area contributed by atoms with Gasteiger partial charge in [0.2, 0.25) is 0 Å². The molecular weight excluding hydrogens is 560 g/mol. The van der Waals surface area contributed by atoms with Gasteiger partial charge in [-0.05, 0) is 52.6 Å². The normalized spacial score (nSPS) is 22.4. The molecule has 0 saturated carbocycles. The van der Waals surface area contributed by atoms with E-state index in [9.17, 15) is 10.1 Å². The number of nitrogens with zero attached hydrogens (tertiary/aromatic N) is 7. The van der Waals surface area contributed by atoms with Crippen LogP contribution in [0.4, 0.5) is 10.6 Å². The second-order valence-electron chi connectivity index (χ2n) is 14.6. The molecule has 0 bridgehead atoms. The number of amides is 1. The van der Waals surface area contributed by atoms with Crippen molar-refractivity contribution in [2.45, 2.75) is 95.9 Å². The standard InChI is InChI=1S/C31H48N8O3Si/c1-23-16-25(9-13-38(23)29(40)42-30(2,3)4)36-19-31(20-36,10-11-32)39-18-24(17-35-39)27-26-8-12-33-28(26)37(21-34-27)22-41-14-15-43(5,6)7/h8,12,17-18,23,25,33H,9-10,13-16,19-22H2,1-7H3. The number of hydrogen-bond acceptors (Lipinski definition) is 8. The Hall–Kier alpha value is -3.14. The topological polar surface area (TPSA) is 115 Å². The van der Waals surface area contributed by atoms with Crippen LogP contribution in [0.1, 0.15) is 58.1 Å². The molecule has 0 spiro atoms. The van der Waals surface area contributed by atoms with Crippen molar-refractivity contribution in [3.63, 3.8) is 0 Å². The lowest BCUT2D eigenvalue weighted by molar-refractivity contribution is -0.0541. The van der Waals surface area contributed by atoms with E-state index in [0.717, 1.165) is 61.2 Å². The minimum Gasteiger partial charge on any atom is -0.444 e. The van der Waals surface area contributed by atoms with Crippen LogP contribution < -0.4 is 4.90 Å². The Morgan fingerprint density at radius 1 is 1.28 bits per heavy atom. The monoisotopic (exact) mass is 608 g/mol. The summed E-state index contributed by atoms with van der Waals surface area (Å²) in [7, 11) is -1.14. The summed E-state index contributed by atoms with van der Waals surface area (Å²) in [5.41, 5.74) is 2.03. The number of nitrogens with one attached hydrogen (secondary N) is 1. The fourth-order valence-electron chi connectivity index (χ4n) is 6.26. The first-order valence-corrected chi connectivity index (χ1v) is 19.2. The molecule has 0 radical (unpaired) electrons. The van der Waals surface area contributed by atoms with E-state index in [1.165, 1.54) is 0 Å². The summed E-state index contributed by atoms with van der Waals surface area (Å²) >= 11 is 0. The van der Waals surface area contributed by atoms with Crippen LogP contribution >= 0.6 is 0 Å². The number of carbonyl (C=O) groups is 1. The third-order valence-electron chi connectivity index (χ3n) is 8.68. The summed E-state index contributed by atoms with van der Waals surface area (Å²) in [4.78, 5) is 27.4. The fourth-order valence-corrected chi connectivity index (χ4v) is 7.02. The zero-order valence-corrected chi connectivity index (χ0v) is 27.9. The third-order valence-corrected chi connectivity index (χ3v) is 10.4. The first kappa shape index (κ1) is 31.3. The van der Waals surface area contributed by atoms with Crippen molar-refractivity contribution in [3.05, 3.63) is 35.8 Å². The molecule has 12 heteroatoms. The maximum Gasteiger partial charge on any atom is 0.410 e. The summed E-state index contributed by atoms with van der Waals surface area (Å²) in [5, 5.41) is 14.5. The van der Waals surface area contributed by atoms with Gasteiger partial charge in [-0.3, -0.25) is 14.6 Å². The number of aromatic amines is 1. The maximum absolute atomic E-state index is 12.7. The van der Waals surface area contributed by atoms with Crippen molar-refractivity contribution in [3.8, 4) is 6.07 Å². The SMILES string of the molecule is CC1CC(N2CC(CC#N)(n3cc(C4=NCN(COCC[Si](C)(C)C)c5[nH]ccc54)cn3)C2)CCN1C(=O)OC(C)(C)C. The smallest absolute Gasteiger partial charge is 0.410 e. The van der Waals surface area contributed by atoms with Gasteiger partial charge in [0.1, 0.15) is 30.4 Å². The number of aromatic nitrogens is 3. The average molecular weight is 609 g/mol. The molecule has 2 unspecified atom stereocenters. The Morgan fingerprint density at radius 3 is 2.72 bits per heavy atom. The molecule has 2 aromatic rings. The maximum atomic E-state index is 12.7. The van der Waals surface area contributed by atoms with Crippen molar-refractivity contribution in [2.75, 3.05) is 44.5 Å². The van der Waals surface area contributed by atoms with Crippen molar-refractivity contribution >= 4 is 25.7 Å². The highest BCUT2D eigenvalue weighted by molar-refractivity contribution is 6.76. The van der Waals surface area contributed by atoms with E-state index < -0.39 is 13.7 Å². The van der Waals surface area contributed by atoms with Crippen LogP contribution in [0.15, 0.2) is 29.6 Å². The minimum atomic E-state index is -1.14. The first-order chi connectivity index (χ1) is 20.3. The Kier molecular flexibility index (Phi) is 8.80. The average Bonchev–Trinajstić information content (AvgIpc) is 3.58. The molecule has 2 fully saturated rings. The van der Waals surface area contributed by atoms with E-state index in [-0.39, 0.29) is 17.7 Å². The Morgan fingerprint density at radius 2 is 2.05 bits per heavy atom. The van der Waals surface area contributed by atoms with Crippen LogP contribution in [0.3, 0.4) is 0 Å². The summed E-state index contributed by atoms with van der Waals surface area (Å²) in [6.07, 6.45) is 7.80. The number of anilines is 1. The largest absolute Gasteiger partial charge is 0.444 e. The lowest BCUT2D eigenvalue weighted by Gasteiger charge is -2.54. The van der Waals surface area contributed by atoms with Gasteiger partial charge in [0.05, 0.1) is 24.4 Å². The van der Waals surface area contributed by atoms with Gasteiger partial charge in [0, 0.05) is 69.9 Å². The van der Waals surface area contributed by atoms with Gasteiger partial charge in [-0.15, -0.1) is 0 Å². The van der Waals surface area contributed by atoms with Gasteiger partial charge in [-0.25, -0.2) is 4.79 Å². The molecule has 2 aromatic heterocycles. The summed E-state index contributed by atoms with van der Waals surface area (Å²) in [6.45, 7) is 18.8. The molecule has 2 saturated heterocycles. The summed E-state index contributed by atoms with van der Waals surface area (Å²) in [6, 6.07) is 6.07. The number of ether oxygens (including phenoxy) is 2. The van der Waals surface area contributed by atoms with E-state index in [1.807, 2.05) is 42.7 Å². The number of likely N-dealkylation sites (tertiary alicyclic amines) is 2. The molecule has 43 heavy (non-hydrogen) atoms. The van der Waals surface area contributed by atoms with E-state index in [2.05, 4.69) is 59.7 Å². The number of rotatable bonds is 9. The Bertz CT molecular complexity index is 1360. The number of fused-ring (bicyclic) bond motifs is 1. The van der Waals surface area contributed by atoms with Crippen LogP contribution in [-0.4, -0.2) is 102 Å². The van der Waals surface area contributed by atoms with Crippen molar-refractivity contribution in [1.82, 2.24) is 24.6 Å². The van der Waals surface area contributed by atoms with Crippen molar-refractivity contribution < 1.29 is 14.3 Å². The van der Waals surface area contributed by atoms with Crippen LogP contribution in [0.25, 0.3) is 0 Å². The number of nitriles is 1. The van der Waals surface area contributed by atoms with Crippen molar-refractivity contribution in [1.29, 1.82) is 5.26 Å². The van der Waals surface area contributed by atoms with Gasteiger partial charge in [0.25, 0.3) is 0 Å². The molecule has 0 aromatic carbocycles. The number of hydrogen-bond donors (Lipinski definition) is 1. The minimum absolute atomic E-state index is 0.0982. The highest BCUT2D eigenvalue weighted by Crippen LogP contribution is 2.37. The predicted molar refractivity (Wildman–Crippen MR) is 170 cm³/mol. The first-order valence-electron chi connectivity index (χ1n) is 15.5. The molecular formula is C31H48N8O3Si. The lowest BCUT2D eigenvalue weighted by Crippen LogP contribution is -2.67. The van der Waals surface area contributed by atoms with Gasteiger partial charge in [-0.1, -0.05) is 19.6 Å². The second-order valence-corrected chi connectivity index (χ2v) is 20.2. The Balaban J connectivity index is 1.22. The molecule has 5 heterocycles. The lowest BCUT2D eigenvalue weighted by atomic mass is 9.83. The summed E-state index contributed by atoms with van der Waals surface area (Å²) in [5.74, 6) is 1.01. The van der Waals surface area contributed by atoms with Crippen LogP contribution in [-0.2, 0) is 15.0 Å². The summed E-state index contributed by atoms with van der Waals surface area (Å²) < 4.78 is 13.6. The number of aliphatic imine (C=N–C) groups is 1. The molecule has 0 aliphatic carbocycles. The molecule has 2 atom stereocenters. The van der Waals surface area contributed by atoms with Gasteiger partial charge in [-0.2, -0.15) is 10.4 Å². The number of piperidine rings is 1. The zero-order valence-electron chi connectivity index (χ0n) is 26.9. The molecule has 3 aliphatic heterocycles. The molecule has 5 rings (SSSR count). The van der Waals surface area contributed by atoms with E-state index in [0.29, 0.717) is 32.4 Å². The zero-order chi connectivity index (χ0) is 31.0. The molecule has 3 aliphatic rings. The second kappa shape index (κ2) is 12.1. The Labute approximate surface area is 256 Å². The van der Waals surface area contributed by atoms with E-state index in [4.69, 9.17) is 19.6 Å². The van der Waals surface area contributed by atoms with E-state index in [1.54, 1.807) is 0 Å². The fraction of sp³-hybridized carbons (Fsp3) is 0.677. The van der Waals surface area contributed by atoms with Gasteiger partial charge >= 0.3 is 6.09 Å². The van der Waals surface area contributed by atoms with Gasteiger partial charge < -0.3 is 24.3 Å². The molecule has 234 valence electrons. The molecule has 11 nitrogen and oxygen atoms in total. The third kappa shape index (κ3) is 7.00. The number of carbonyl (C=O) groups excluding carboxylic acids is 1. The van der Waals surface area contributed by atoms with Crippen LogP contribution in [0, 0.1) is 11.3 Å². The van der Waals surface area contributed by atoms with Crippen LogP contribution in [0.5, 0.6) is 0 Å².